The molecule has 0 unspecified atom stereocenters. The van der Waals surface area contributed by atoms with E-state index in [1.807, 2.05) is 6.07 Å². The molecule has 1 aliphatic heterocycles. The summed E-state index contributed by atoms with van der Waals surface area (Å²) in [7, 11) is 0. The van der Waals surface area contributed by atoms with Crippen molar-refractivity contribution in [3.63, 3.8) is 0 Å². The lowest BCUT2D eigenvalue weighted by atomic mass is 9.88. The van der Waals surface area contributed by atoms with Gasteiger partial charge in [-0.3, -0.25) is 9.69 Å². The molecule has 4 aromatic rings. The van der Waals surface area contributed by atoms with Crippen molar-refractivity contribution in [2.75, 3.05) is 37.6 Å². The quantitative estimate of drug-likeness (QED) is 0.187. The smallest absolute Gasteiger partial charge is 0.254 e. The molecule has 4 nitrogen and oxygen atoms in total. The third-order valence-electron chi connectivity index (χ3n) is 9.86. The van der Waals surface area contributed by atoms with E-state index in [2.05, 4.69) is 125 Å². The van der Waals surface area contributed by atoms with Crippen molar-refractivity contribution in [3.05, 3.63) is 137 Å². The molecule has 0 radical (unpaired) electrons. The molecule has 0 atom stereocenters. The molecule has 1 aliphatic carbocycles. The van der Waals surface area contributed by atoms with Crippen molar-refractivity contribution in [2.24, 2.45) is 0 Å². The highest BCUT2D eigenvalue weighted by atomic mass is 16.2. The van der Waals surface area contributed by atoms with E-state index >= 15 is 0 Å². The average molecular weight is 586 g/mol. The van der Waals surface area contributed by atoms with Gasteiger partial charge in [0.15, 0.2) is 0 Å². The van der Waals surface area contributed by atoms with Crippen LogP contribution in [-0.2, 0) is 6.54 Å². The van der Waals surface area contributed by atoms with Gasteiger partial charge < -0.3 is 9.80 Å². The highest BCUT2D eigenvalue weighted by Crippen LogP contribution is 2.31. The monoisotopic (exact) mass is 585 g/mol. The Morgan fingerprint density at radius 1 is 0.727 bits per heavy atom. The zero-order chi connectivity index (χ0) is 30.1. The molecule has 0 bridgehead atoms. The molecule has 0 aromatic heterocycles. The Morgan fingerprint density at radius 2 is 1.32 bits per heavy atom. The first-order chi connectivity index (χ1) is 21.7. The highest BCUT2D eigenvalue weighted by molar-refractivity contribution is 5.97. The van der Waals surface area contributed by atoms with Crippen LogP contribution in [0, 0.1) is 6.92 Å². The zero-order valence-corrected chi connectivity index (χ0v) is 26.3. The summed E-state index contributed by atoms with van der Waals surface area (Å²) in [6.07, 6.45) is 7.02. The number of piperazine rings is 1. The van der Waals surface area contributed by atoms with Crippen molar-refractivity contribution in [3.8, 4) is 0 Å². The third kappa shape index (κ3) is 7.25. The predicted molar refractivity (Wildman–Crippen MR) is 182 cm³/mol. The van der Waals surface area contributed by atoms with Gasteiger partial charge >= 0.3 is 0 Å². The molecular formula is C40H47N3O. The van der Waals surface area contributed by atoms with E-state index in [1.165, 1.54) is 41.6 Å². The van der Waals surface area contributed by atoms with E-state index in [0.717, 1.165) is 63.1 Å². The molecule has 4 aromatic carbocycles. The van der Waals surface area contributed by atoms with E-state index < -0.39 is 0 Å². The van der Waals surface area contributed by atoms with Gasteiger partial charge in [0.05, 0.1) is 0 Å². The second-order valence-corrected chi connectivity index (χ2v) is 12.7. The van der Waals surface area contributed by atoms with Crippen LogP contribution in [0.3, 0.4) is 0 Å². The zero-order valence-electron chi connectivity index (χ0n) is 26.3. The lowest BCUT2D eigenvalue weighted by molar-refractivity contribution is 0.0613. The third-order valence-corrected chi connectivity index (χ3v) is 9.86. The van der Waals surface area contributed by atoms with Crippen LogP contribution in [0.5, 0.6) is 0 Å². The number of hydrogen-bond donors (Lipinski definition) is 0. The molecule has 1 saturated carbocycles. The van der Waals surface area contributed by atoms with E-state index in [0.29, 0.717) is 18.5 Å². The predicted octanol–water partition coefficient (Wildman–Crippen LogP) is 8.31. The standard InChI is InChI=1S/C40H47N3O/c1-32-37(40(44)43(36-21-12-5-13-22-36)31-33-15-6-2-7-16-33)23-14-24-39(32)42-29-27-41(28-30-42)26-25-38(34-17-8-3-9-18-34)35-19-10-4-11-20-35/h2-4,6-11,14-20,23-24,36,38H,5,12-13,21-22,25-31H2,1H3. The van der Waals surface area contributed by atoms with Gasteiger partial charge in [0.25, 0.3) is 5.91 Å². The van der Waals surface area contributed by atoms with Gasteiger partial charge in [-0.15, -0.1) is 0 Å². The second-order valence-electron chi connectivity index (χ2n) is 12.7. The topological polar surface area (TPSA) is 26.8 Å². The van der Waals surface area contributed by atoms with Crippen LogP contribution in [0.4, 0.5) is 5.69 Å². The van der Waals surface area contributed by atoms with E-state index in [4.69, 9.17) is 0 Å². The minimum absolute atomic E-state index is 0.187. The van der Waals surface area contributed by atoms with Crippen LogP contribution in [0.2, 0.25) is 0 Å². The number of carbonyl (C=O) groups is 1. The Labute approximate surface area is 264 Å². The molecule has 2 fully saturated rings. The SMILES string of the molecule is Cc1c(C(=O)N(Cc2ccccc2)C2CCCCC2)cccc1N1CCN(CCC(c2ccccc2)c2ccccc2)CC1. The first-order valence-electron chi connectivity index (χ1n) is 16.7. The number of nitrogens with zero attached hydrogens (tertiary/aromatic N) is 3. The normalized spacial score (nSPS) is 16.3. The van der Waals surface area contributed by atoms with Crippen molar-refractivity contribution in [2.45, 2.75) is 64.0 Å². The Balaban J connectivity index is 1.12. The van der Waals surface area contributed by atoms with Crippen LogP contribution >= 0.6 is 0 Å². The van der Waals surface area contributed by atoms with Crippen molar-refractivity contribution < 1.29 is 4.79 Å². The minimum atomic E-state index is 0.187. The molecule has 1 amide bonds. The number of hydrogen-bond acceptors (Lipinski definition) is 3. The first-order valence-corrected chi connectivity index (χ1v) is 16.7. The average Bonchev–Trinajstić information content (AvgIpc) is 3.09. The lowest BCUT2D eigenvalue weighted by Crippen LogP contribution is -2.47. The number of anilines is 1. The fourth-order valence-corrected chi connectivity index (χ4v) is 7.31. The number of rotatable bonds is 10. The van der Waals surface area contributed by atoms with Crippen LogP contribution < -0.4 is 4.90 Å². The molecule has 0 spiro atoms. The molecule has 44 heavy (non-hydrogen) atoms. The molecule has 6 rings (SSSR count). The Kier molecular flexibility index (Phi) is 10.1. The first kappa shape index (κ1) is 30.1. The van der Waals surface area contributed by atoms with Gasteiger partial charge in [-0.1, -0.05) is 116 Å². The number of amides is 1. The summed E-state index contributed by atoms with van der Waals surface area (Å²) in [6.45, 7) is 7.95. The summed E-state index contributed by atoms with van der Waals surface area (Å²) >= 11 is 0. The van der Waals surface area contributed by atoms with Gasteiger partial charge in [-0.05, 0) is 67.1 Å². The van der Waals surface area contributed by atoms with Gasteiger partial charge in [-0.2, -0.15) is 0 Å². The van der Waals surface area contributed by atoms with Crippen LogP contribution in [0.15, 0.2) is 109 Å². The maximum absolute atomic E-state index is 14.2. The molecular weight excluding hydrogens is 538 g/mol. The maximum Gasteiger partial charge on any atom is 0.254 e. The number of carbonyl (C=O) groups excluding carboxylic acids is 1. The molecule has 0 N–H and O–H groups in total. The van der Waals surface area contributed by atoms with Crippen LogP contribution in [0.1, 0.15) is 77.1 Å². The molecule has 1 heterocycles. The maximum atomic E-state index is 14.2. The highest BCUT2D eigenvalue weighted by Gasteiger charge is 2.29. The molecule has 228 valence electrons. The summed E-state index contributed by atoms with van der Waals surface area (Å²) in [5.74, 6) is 0.593. The molecule has 2 aliphatic rings. The van der Waals surface area contributed by atoms with Gasteiger partial charge in [-0.25, -0.2) is 0 Å². The van der Waals surface area contributed by atoms with E-state index in [9.17, 15) is 4.79 Å². The summed E-state index contributed by atoms with van der Waals surface area (Å²) in [5.41, 5.74) is 7.18. The largest absolute Gasteiger partial charge is 0.369 e. The van der Waals surface area contributed by atoms with E-state index in [-0.39, 0.29) is 5.91 Å². The van der Waals surface area contributed by atoms with E-state index in [1.54, 1.807) is 0 Å². The lowest BCUT2D eigenvalue weighted by Gasteiger charge is -2.38. The van der Waals surface area contributed by atoms with Gasteiger partial charge in [0.1, 0.15) is 0 Å². The summed E-state index contributed by atoms with van der Waals surface area (Å²) in [6, 6.07) is 39.1. The van der Waals surface area contributed by atoms with Crippen molar-refractivity contribution in [1.82, 2.24) is 9.80 Å². The Bertz CT molecular complexity index is 1420. The Hall–Kier alpha value is -3.89. The van der Waals surface area contributed by atoms with Crippen LogP contribution in [-0.4, -0.2) is 54.5 Å². The fourth-order valence-electron chi connectivity index (χ4n) is 7.31. The minimum Gasteiger partial charge on any atom is -0.369 e. The fraction of sp³-hybridized carbons (Fsp3) is 0.375. The van der Waals surface area contributed by atoms with Gasteiger partial charge in [0, 0.05) is 55.9 Å². The molecule has 4 heteroatoms. The Morgan fingerprint density at radius 3 is 1.93 bits per heavy atom. The second kappa shape index (κ2) is 14.7. The summed E-state index contributed by atoms with van der Waals surface area (Å²) < 4.78 is 0. The van der Waals surface area contributed by atoms with Gasteiger partial charge in [0.2, 0.25) is 0 Å². The summed E-state index contributed by atoms with van der Waals surface area (Å²) in [4.78, 5) is 21.5. The molecule has 1 saturated heterocycles. The summed E-state index contributed by atoms with van der Waals surface area (Å²) in [5, 5.41) is 0. The number of benzene rings is 4. The van der Waals surface area contributed by atoms with Crippen LogP contribution in [0.25, 0.3) is 0 Å². The van der Waals surface area contributed by atoms with Crippen molar-refractivity contribution >= 4 is 11.6 Å². The van der Waals surface area contributed by atoms with Crippen molar-refractivity contribution in [1.29, 1.82) is 0 Å².